The smallest absolute Gasteiger partial charge is 0.372 e. The van der Waals surface area contributed by atoms with E-state index in [9.17, 15) is 112 Å². The lowest BCUT2D eigenvalue weighted by molar-refractivity contribution is -0.141. The highest BCUT2D eigenvalue weighted by Crippen LogP contribution is 2.37. The van der Waals surface area contributed by atoms with Crippen LogP contribution in [0.3, 0.4) is 0 Å². The van der Waals surface area contributed by atoms with Gasteiger partial charge in [0.25, 0.3) is 0 Å². The van der Waals surface area contributed by atoms with Crippen LogP contribution in [-0.2, 0) is 70.5 Å². The van der Waals surface area contributed by atoms with Gasteiger partial charge in [0.1, 0.15) is 128 Å². The number of carboxylic acids is 2. The Hall–Kier alpha value is -15.0. The summed E-state index contributed by atoms with van der Waals surface area (Å²) in [6.45, 7) is 17.0. The average Bonchev–Trinajstić information content (AvgIpc) is 0.812. The minimum Gasteiger partial charge on any atom is -0.480 e. The van der Waals surface area contributed by atoms with Crippen molar-refractivity contribution in [1.82, 2.24) is 21.3 Å². The van der Waals surface area contributed by atoms with Gasteiger partial charge in [-0.3, -0.25) is 28.8 Å². The van der Waals surface area contributed by atoms with Crippen LogP contribution in [0.2, 0.25) is 0 Å². The largest absolute Gasteiger partial charge is 0.480 e. The maximum absolute atomic E-state index is 14.4. The lowest BCUT2D eigenvalue weighted by Crippen LogP contribution is -2.41. The molecular weight excluding hydrogens is 1950 g/mol. The highest BCUT2D eigenvalue weighted by molar-refractivity contribution is 8.14. The third kappa shape index (κ3) is 37.9. The van der Waals surface area contributed by atoms with E-state index in [1.165, 1.54) is 125 Å². The third-order valence-electron chi connectivity index (χ3n) is 18.3. The van der Waals surface area contributed by atoms with Crippen molar-refractivity contribution in [2.45, 2.75) is 132 Å². The molecule has 1 unspecified atom stereocenters. The van der Waals surface area contributed by atoms with Crippen molar-refractivity contribution in [3.05, 3.63) is 286 Å². The number of aliphatic carboxylic acids is 2. The molecule has 4 atom stereocenters. The first kappa shape index (κ1) is 114. The molecule has 0 aliphatic carbocycles. The highest BCUT2D eigenvalue weighted by Gasteiger charge is 2.32. The molecule has 10 aromatic rings. The van der Waals surface area contributed by atoms with Crippen LogP contribution in [0.4, 0.5) is 54.3 Å². The molecule has 30 nitrogen and oxygen atoms in total. The fourth-order valence-electron chi connectivity index (χ4n) is 11.9. The van der Waals surface area contributed by atoms with Gasteiger partial charge >= 0.3 is 57.0 Å². The second-order valence-electron chi connectivity index (χ2n) is 32.0. The molecule has 10 aromatic carbocycles. The van der Waals surface area contributed by atoms with Crippen LogP contribution in [0.25, 0.3) is 44.5 Å². The van der Waals surface area contributed by atoms with Crippen molar-refractivity contribution in [1.29, 1.82) is 0 Å². The van der Waals surface area contributed by atoms with Gasteiger partial charge in [-0.2, -0.15) is 0 Å². The van der Waals surface area contributed by atoms with E-state index < -0.39 is 163 Å². The fourth-order valence-corrected chi connectivity index (χ4v) is 14.8. The lowest BCUT2D eigenvalue weighted by atomic mass is 10.0. The third-order valence-corrected chi connectivity index (χ3v) is 21.6. The van der Waals surface area contributed by atoms with Crippen LogP contribution < -0.4 is 40.2 Å². The monoisotopic (exact) mass is 2040 g/mol. The predicted molar refractivity (Wildman–Crippen MR) is 510 cm³/mol. The van der Waals surface area contributed by atoms with Gasteiger partial charge in [0.15, 0.2) is 11.6 Å². The number of halogens is 8. The zero-order valence-electron chi connectivity index (χ0n) is 77.5. The Balaban J connectivity index is 0.000000257. The minimum absolute atomic E-state index is 0.0121. The summed E-state index contributed by atoms with van der Waals surface area (Å²) in [5, 5.41) is 24.0. The number of nitrogens with one attached hydrogen (secondary N) is 4. The molecule has 748 valence electrons. The van der Waals surface area contributed by atoms with E-state index in [1.54, 1.807) is 90.1 Å². The number of rotatable bonds is 32. The number of Topliss-reactive ketones (excluding diaryl/α,β-unsaturated/α-hetero) is 2. The van der Waals surface area contributed by atoms with Gasteiger partial charge in [0.2, 0.25) is 23.6 Å². The summed E-state index contributed by atoms with van der Waals surface area (Å²) in [7, 11) is 0. The molecule has 10 rings (SSSR count). The van der Waals surface area contributed by atoms with Gasteiger partial charge in [-0.05, 0) is 233 Å². The van der Waals surface area contributed by atoms with Crippen LogP contribution in [0.5, 0.6) is 23.0 Å². The number of esters is 4. The van der Waals surface area contributed by atoms with E-state index >= 15 is 0 Å². The number of ketones is 2. The second-order valence-corrected chi connectivity index (χ2v) is 35.9. The van der Waals surface area contributed by atoms with Crippen molar-refractivity contribution >= 4 is 139 Å². The SMILES string of the molecule is CC(=O)NC(CSC(=O)Oc1ccc(-c2ccc(F)cc2F)cc1C(=O)OCc1ccccc1)C(C)=O.CC(=O)N[C@@H](CSC(=O)Oc1ccc(-c2ccc(F)cc2F)cc1C(=O)OC(C)(C)C)C(=O)O.CC(=O)N[C@H](CSC(=O)Oc1ccc(-c2ccc(F)cc2F)cc1C(=O)OC(C)(C)C)C(=O)O.CC(=O)N[C@H](CSC(=O)Oc1ccc(-c2ccc(F)cc2F)cc1C(=O)OCc1ccccc1)C(C)=O. The molecule has 0 aliphatic rings. The Labute approximate surface area is 824 Å². The van der Waals surface area contributed by atoms with Crippen molar-refractivity contribution in [3.8, 4) is 67.5 Å². The Morgan fingerprint density at radius 2 is 0.521 bits per heavy atom. The maximum Gasteiger partial charge on any atom is 0.372 e. The molecule has 0 fully saturated rings. The molecule has 0 heterocycles. The normalized spacial score (nSPS) is 11.6. The van der Waals surface area contributed by atoms with Gasteiger partial charge in [-0.1, -0.05) is 84.9 Å². The van der Waals surface area contributed by atoms with Crippen LogP contribution in [-0.4, -0.2) is 161 Å². The molecule has 142 heavy (non-hydrogen) atoms. The summed E-state index contributed by atoms with van der Waals surface area (Å²) in [4.78, 5) is 192. The minimum atomic E-state index is -1.34. The molecule has 42 heteroatoms. The molecule has 0 saturated carbocycles. The number of amides is 4. The van der Waals surface area contributed by atoms with Crippen LogP contribution in [0, 0.1) is 46.5 Å². The van der Waals surface area contributed by atoms with Gasteiger partial charge in [0.05, 0.1) is 12.1 Å². The number of benzene rings is 10. The molecule has 4 amide bonds. The summed E-state index contributed by atoms with van der Waals surface area (Å²) < 4.78 is 153. The summed E-state index contributed by atoms with van der Waals surface area (Å²) in [5.41, 5.74) is -0.0581. The number of carbonyl (C=O) groups excluding carboxylic acids is 14. The molecule has 0 aliphatic heterocycles. The van der Waals surface area contributed by atoms with Crippen LogP contribution >= 0.6 is 47.0 Å². The van der Waals surface area contributed by atoms with E-state index in [-0.39, 0.29) is 138 Å². The van der Waals surface area contributed by atoms with Crippen molar-refractivity contribution in [2.75, 3.05) is 23.0 Å². The number of hydrogen-bond acceptors (Lipinski definition) is 28. The first-order chi connectivity index (χ1) is 66.8. The topological polar surface area (TPSA) is 436 Å². The zero-order chi connectivity index (χ0) is 105. The lowest BCUT2D eigenvalue weighted by Gasteiger charge is -2.21. The van der Waals surface area contributed by atoms with E-state index in [2.05, 4.69) is 21.3 Å². The summed E-state index contributed by atoms with van der Waals surface area (Å²) in [6, 6.07) is 41.0. The predicted octanol–water partition coefficient (Wildman–Crippen LogP) is 19.4. The van der Waals surface area contributed by atoms with Gasteiger partial charge in [0, 0.05) is 97.2 Å². The first-order valence-corrected chi connectivity index (χ1v) is 45.9. The Morgan fingerprint density at radius 1 is 0.296 bits per heavy atom. The standard InChI is InChI=1S/2C27H23F2NO6S.2C23H23F2NO7S/c2*1-16(31)24(30-17(2)32)15-37-27(34)36-25-11-8-19(21-10-9-20(28)13-23(21)29)12-22(25)26(33)35-14-18-6-4-3-5-7-18;2*1-12(27)26-18(20(28)29)11-34-22(31)32-19-8-5-13(15-7-6-14(24)10-17(15)25)9-16(19)21(30)33-23(2,3)4/h2*3-13,24H,14-15H2,1-2H3,(H,30,32);2*5-10,18H,11H2,1-4H3,(H,26,27)(H,28,29)/t24-;;2*18-/m1.10/s1. The molecule has 0 bridgehead atoms. The van der Waals surface area contributed by atoms with Crippen LogP contribution in [0.1, 0.15) is 136 Å². The van der Waals surface area contributed by atoms with Crippen LogP contribution in [0.15, 0.2) is 206 Å². The van der Waals surface area contributed by atoms with E-state index in [4.69, 9.17) is 48.1 Å². The van der Waals surface area contributed by atoms with Crippen molar-refractivity contribution in [3.63, 3.8) is 0 Å². The Bertz CT molecular complexity index is 5990. The molecular formula is C100H92F8N4O26S4. The number of carbonyl (C=O) groups is 16. The average molecular weight is 2050 g/mol. The Kier molecular flexibility index (Phi) is 43.3. The first-order valence-electron chi connectivity index (χ1n) is 42.0. The number of ether oxygens (including phenoxy) is 8. The van der Waals surface area contributed by atoms with Crippen molar-refractivity contribution < 1.29 is 160 Å². The fraction of sp³-hybridized carbons (Fsp3) is 0.240. The van der Waals surface area contributed by atoms with Gasteiger partial charge < -0.3 is 69.4 Å². The number of hydrogen-bond donors (Lipinski definition) is 6. The van der Waals surface area contributed by atoms with Gasteiger partial charge in [-0.25, -0.2) is 83.1 Å². The van der Waals surface area contributed by atoms with Crippen molar-refractivity contribution in [2.24, 2.45) is 0 Å². The molecule has 0 spiro atoms. The second kappa shape index (κ2) is 53.9. The molecule has 0 aromatic heterocycles. The number of carboxylic acid groups (broad SMARTS) is 2. The zero-order valence-corrected chi connectivity index (χ0v) is 80.8. The van der Waals surface area contributed by atoms with Gasteiger partial charge in [-0.15, -0.1) is 0 Å². The molecule has 0 saturated heterocycles. The highest BCUT2D eigenvalue weighted by atomic mass is 32.2. The van der Waals surface area contributed by atoms with E-state index in [0.29, 0.717) is 71.3 Å². The summed E-state index contributed by atoms with van der Waals surface area (Å²) >= 11 is 2.22. The molecule has 0 radical (unpaired) electrons. The van der Waals surface area contributed by atoms with E-state index in [1.807, 2.05) is 12.1 Å². The molecule has 6 N–H and O–H groups in total. The van der Waals surface area contributed by atoms with E-state index in [0.717, 1.165) is 49.2 Å². The Morgan fingerprint density at radius 3 is 0.732 bits per heavy atom. The summed E-state index contributed by atoms with van der Waals surface area (Å²) in [5.74, 6) is -16.7. The quantitative estimate of drug-likeness (QED) is 0.0130. The summed E-state index contributed by atoms with van der Waals surface area (Å²) in [6.07, 6.45) is 0. The number of thioether (sulfide) groups is 4. The maximum atomic E-state index is 14.4.